The lowest BCUT2D eigenvalue weighted by atomic mass is 10.1. The van der Waals surface area contributed by atoms with Crippen molar-refractivity contribution >= 4 is 35.5 Å². The van der Waals surface area contributed by atoms with Crippen LogP contribution in [-0.4, -0.2) is 28.6 Å². The lowest BCUT2D eigenvalue weighted by Gasteiger charge is -2.31. The van der Waals surface area contributed by atoms with Crippen LogP contribution in [0, 0.1) is 0 Å². The van der Waals surface area contributed by atoms with Gasteiger partial charge in [0.15, 0.2) is 11.6 Å². The second-order valence-corrected chi connectivity index (χ2v) is 6.36. The van der Waals surface area contributed by atoms with Crippen molar-refractivity contribution in [1.29, 1.82) is 0 Å². The summed E-state index contributed by atoms with van der Waals surface area (Å²) >= 11 is 0. The molecule has 1 aromatic carbocycles. The van der Waals surface area contributed by atoms with Crippen LogP contribution in [0.4, 0.5) is 17.3 Å². The fourth-order valence-corrected chi connectivity index (χ4v) is 3.23. The van der Waals surface area contributed by atoms with Crippen LogP contribution in [0.15, 0.2) is 65.5 Å². The molecule has 5 bridgehead atoms. The van der Waals surface area contributed by atoms with Gasteiger partial charge in [0.05, 0.1) is 24.2 Å². The Morgan fingerprint density at radius 1 is 1.18 bits per heavy atom. The Morgan fingerprint density at radius 2 is 2.11 bits per heavy atom. The van der Waals surface area contributed by atoms with Gasteiger partial charge in [-0.2, -0.15) is 0 Å². The minimum absolute atomic E-state index is 0.117. The number of rotatable bonds is 0. The van der Waals surface area contributed by atoms with Gasteiger partial charge in [0.1, 0.15) is 18.0 Å². The third-order valence-electron chi connectivity index (χ3n) is 4.51. The quantitative estimate of drug-likeness (QED) is 0.735. The number of allylic oxidation sites excluding steroid dienone is 1. The number of aromatic nitrogens is 2. The number of carbonyl (C=O) groups is 1. The van der Waals surface area contributed by atoms with Gasteiger partial charge < -0.3 is 15.4 Å². The van der Waals surface area contributed by atoms with Crippen molar-refractivity contribution in [2.75, 3.05) is 16.8 Å². The fourth-order valence-electron chi connectivity index (χ4n) is 3.23. The Balaban J connectivity index is 1.75. The second-order valence-electron chi connectivity index (χ2n) is 6.36. The largest absolute Gasteiger partial charge is 0.439 e. The Morgan fingerprint density at radius 3 is 3.07 bits per heavy atom. The first-order valence-corrected chi connectivity index (χ1v) is 8.84. The molecule has 1 amide bonds. The molecule has 2 aromatic rings. The standard InChI is InChI=1S/C20H16N6O2/c27-17-6-7-18-26-11-13(21-8-3-9-22-17)10-14-19(23-12-24-20(14)26)25-15-4-1-2-5-16(15)28-18/h1-5,7-10,12,21H,6,11H2,(H,23,24,25)/b8-3+,18-7+,22-9-. The van der Waals surface area contributed by atoms with E-state index in [0.29, 0.717) is 29.8 Å². The maximum absolute atomic E-state index is 12.1. The van der Waals surface area contributed by atoms with Crippen molar-refractivity contribution in [1.82, 2.24) is 15.3 Å². The lowest BCUT2D eigenvalue weighted by molar-refractivity contribution is -0.116. The maximum Gasteiger partial charge on any atom is 0.249 e. The molecule has 0 saturated carbocycles. The van der Waals surface area contributed by atoms with Gasteiger partial charge in [-0.25, -0.2) is 15.0 Å². The van der Waals surface area contributed by atoms with Crippen LogP contribution in [0.5, 0.6) is 5.75 Å². The third kappa shape index (κ3) is 2.90. The number of para-hydroxylation sites is 2. The Hall–Kier alpha value is -3.94. The number of nitrogens with zero attached hydrogens (tertiary/aromatic N) is 4. The molecule has 8 heteroatoms. The van der Waals surface area contributed by atoms with Crippen LogP contribution >= 0.6 is 0 Å². The highest BCUT2D eigenvalue weighted by molar-refractivity contribution is 5.90. The van der Waals surface area contributed by atoms with E-state index >= 15 is 0 Å². The summed E-state index contributed by atoms with van der Waals surface area (Å²) < 4.78 is 6.23. The summed E-state index contributed by atoms with van der Waals surface area (Å²) in [6, 6.07) is 7.60. The predicted octanol–water partition coefficient (Wildman–Crippen LogP) is 2.72. The van der Waals surface area contributed by atoms with Crippen LogP contribution in [-0.2, 0) is 4.79 Å². The Kier molecular flexibility index (Phi) is 3.86. The van der Waals surface area contributed by atoms with Gasteiger partial charge in [-0.05, 0) is 30.4 Å². The van der Waals surface area contributed by atoms with Crippen LogP contribution in [0.25, 0.3) is 6.08 Å². The number of anilines is 3. The van der Waals surface area contributed by atoms with Crippen molar-refractivity contribution in [3.63, 3.8) is 0 Å². The summed E-state index contributed by atoms with van der Waals surface area (Å²) in [6.07, 6.45) is 10.3. The third-order valence-corrected chi connectivity index (χ3v) is 4.51. The minimum Gasteiger partial charge on any atom is -0.439 e. The summed E-state index contributed by atoms with van der Waals surface area (Å²) in [5, 5.41) is 6.57. The topological polar surface area (TPSA) is 91.7 Å². The molecule has 28 heavy (non-hydrogen) atoms. The highest BCUT2D eigenvalue weighted by Crippen LogP contribution is 2.39. The predicted molar refractivity (Wildman–Crippen MR) is 106 cm³/mol. The molecule has 0 saturated heterocycles. The van der Waals surface area contributed by atoms with Crippen molar-refractivity contribution < 1.29 is 9.53 Å². The highest BCUT2D eigenvalue weighted by atomic mass is 16.5. The first-order chi connectivity index (χ1) is 13.8. The first kappa shape index (κ1) is 16.2. The number of benzene rings is 1. The van der Waals surface area contributed by atoms with Gasteiger partial charge >= 0.3 is 0 Å². The Bertz CT molecular complexity index is 1090. The number of aliphatic imine (C=N–C) groups is 1. The summed E-state index contributed by atoms with van der Waals surface area (Å²) in [5.74, 6) is 2.28. The van der Waals surface area contributed by atoms with E-state index in [-0.39, 0.29) is 12.3 Å². The highest BCUT2D eigenvalue weighted by Gasteiger charge is 2.28. The van der Waals surface area contributed by atoms with Gasteiger partial charge in [0.25, 0.3) is 0 Å². The van der Waals surface area contributed by atoms with Crippen molar-refractivity contribution in [3.05, 3.63) is 66.1 Å². The van der Waals surface area contributed by atoms with E-state index in [1.807, 2.05) is 35.2 Å². The summed E-state index contributed by atoms with van der Waals surface area (Å²) in [5.41, 5.74) is 2.55. The Labute approximate surface area is 161 Å². The number of carbonyl (C=O) groups excluding carboxylic acids is 1. The number of ether oxygens (including phenoxy) is 1. The van der Waals surface area contributed by atoms with Crippen LogP contribution in [0.2, 0.25) is 0 Å². The molecule has 0 aliphatic carbocycles. The van der Waals surface area contributed by atoms with E-state index < -0.39 is 0 Å². The summed E-state index contributed by atoms with van der Waals surface area (Å²) in [6.45, 7) is 0.507. The van der Waals surface area contributed by atoms with E-state index in [4.69, 9.17) is 4.74 Å². The van der Waals surface area contributed by atoms with Crippen LogP contribution in [0.1, 0.15) is 12.0 Å². The molecule has 0 atom stereocenters. The molecule has 3 aliphatic heterocycles. The monoisotopic (exact) mass is 372 g/mol. The van der Waals surface area contributed by atoms with E-state index in [1.165, 1.54) is 12.5 Å². The minimum atomic E-state index is -0.260. The van der Waals surface area contributed by atoms with Gasteiger partial charge in [0.2, 0.25) is 5.91 Å². The molecule has 3 aliphatic rings. The molecule has 0 unspecified atom stereocenters. The maximum atomic E-state index is 12.1. The van der Waals surface area contributed by atoms with Crippen LogP contribution in [0.3, 0.4) is 0 Å². The summed E-state index contributed by atoms with van der Waals surface area (Å²) in [7, 11) is 0. The fraction of sp³-hybridized carbons (Fsp3) is 0.100. The average molecular weight is 372 g/mol. The molecule has 5 rings (SSSR count). The SMILES string of the molecule is O=C1C/C=C2/Oc3ccccc3Nc3ncnc4c3C=C(CN24)N/C=C/C=N\1. The van der Waals surface area contributed by atoms with Crippen molar-refractivity contribution in [2.24, 2.45) is 4.99 Å². The van der Waals surface area contributed by atoms with Gasteiger partial charge in [-0.1, -0.05) is 12.1 Å². The molecular weight excluding hydrogens is 356 g/mol. The number of hydrogen-bond donors (Lipinski definition) is 2. The van der Waals surface area contributed by atoms with E-state index in [1.54, 1.807) is 18.4 Å². The number of amides is 1. The lowest BCUT2D eigenvalue weighted by Crippen LogP contribution is -2.34. The molecule has 2 N–H and O–H groups in total. The molecular formula is C20H16N6O2. The molecule has 0 fully saturated rings. The molecule has 0 spiro atoms. The molecule has 8 nitrogen and oxygen atoms in total. The molecule has 1 aromatic heterocycles. The number of fused-ring (bicyclic) bond motifs is 2. The van der Waals surface area contributed by atoms with Crippen LogP contribution < -0.4 is 20.3 Å². The first-order valence-electron chi connectivity index (χ1n) is 8.84. The summed E-state index contributed by atoms with van der Waals surface area (Å²) in [4.78, 5) is 26.8. The smallest absolute Gasteiger partial charge is 0.249 e. The van der Waals surface area contributed by atoms with Crippen molar-refractivity contribution in [3.8, 4) is 5.75 Å². The molecule has 138 valence electrons. The number of hydrogen-bond acceptors (Lipinski definition) is 7. The van der Waals surface area contributed by atoms with Gasteiger partial charge in [-0.3, -0.25) is 9.69 Å². The van der Waals surface area contributed by atoms with E-state index in [9.17, 15) is 4.79 Å². The zero-order valence-electron chi connectivity index (χ0n) is 14.8. The zero-order chi connectivity index (χ0) is 18.9. The van der Waals surface area contributed by atoms with Crippen molar-refractivity contribution in [2.45, 2.75) is 6.42 Å². The number of nitrogens with one attached hydrogen (secondary N) is 2. The van der Waals surface area contributed by atoms with Gasteiger partial charge in [-0.15, -0.1) is 0 Å². The zero-order valence-corrected chi connectivity index (χ0v) is 14.8. The average Bonchev–Trinajstić information content (AvgIpc) is 2.72. The molecule has 4 heterocycles. The van der Waals surface area contributed by atoms with Gasteiger partial charge in [0, 0.05) is 18.1 Å². The van der Waals surface area contributed by atoms with E-state index in [0.717, 1.165) is 16.9 Å². The molecule has 0 radical (unpaired) electrons. The second kappa shape index (κ2) is 6.66. The van der Waals surface area contributed by atoms with E-state index in [2.05, 4.69) is 25.6 Å². The normalized spacial score (nSPS) is 21.4.